The van der Waals surface area contributed by atoms with Crippen LogP contribution in [0.5, 0.6) is 0 Å². The first-order chi connectivity index (χ1) is 9.33. The maximum atomic E-state index is 11.3. The molecule has 5 nitrogen and oxygen atoms in total. The summed E-state index contributed by atoms with van der Waals surface area (Å²) in [4.78, 5) is 2.48. The van der Waals surface area contributed by atoms with Crippen molar-refractivity contribution in [3.05, 3.63) is 0 Å². The summed E-state index contributed by atoms with van der Waals surface area (Å²) in [7, 11) is -0.895. The van der Waals surface area contributed by atoms with Crippen LogP contribution in [0.2, 0.25) is 0 Å². The zero-order valence-corrected chi connectivity index (χ0v) is 14.1. The van der Waals surface area contributed by atoms with Crippen molar-refractivity contribution >= 4 is 9.84 Å². The molecular weight excluding hydrogens is 276 g/mol. The first kappa shape index (κ1) is 17.9. The van der Waals surface area contributed by atoms with Crippen molar-refractivity contribution in [2.75, 3.05) is 45.4 Å². The van der Waals surface area contributed by atoms with Crippen LogP contribution in [-0.2, 0) is 14.6 Å². The van der Waals surface area contributed by atoms with Crippen molar-refractivity contribution in [1.82, 2.24) is 10.2 Å². The van der Waals surface area contributed by atoms with Gasteiger partial charge in [0.25, 0.3) is 0 Å². The van der Waals surface area contributed by atoms with Crippen LogP contribution in [0.1, 0.15) is 33.1 Å². The Morgan fingerprint density at radius 2 is 1.95 bits per heavy atom. The van der Waals surface area contributed by atoms with Gasteiger partial charge in [-0.2, -0.15) is 0 Å². The van der Waals surface area contributed by atoms with Crippen LogP contribution in [0.3, 0.4) is 0 Å². The first-order valence-corrected chi connectivity index (χ1v) is 9.57. The van der Waals surface area contributed by atoms with Crippen molar-refractivity contribution in [1.29, 1.82) is 0 Å². The maximum absolute atomic E-state index is 11.3. The second-order valence-electron chi connectivity index (χ2n) is 5.92. The van der Waals surface area contributed by atoms with Gasteiger partial charge < -0.3 is 10.1 Å². The standard InChI is InChI=1S/C14H30N2O3S/c1-5-14(2,16-8-10-19-11-9-16)13(15-3)7-6-12-20(4,17)18/h13,15H,5-12H2,1-4H3. The van der Waals surface area contributed by atoms with Gasteiger partial charge in [0, 0.05) is 36.7 Å². The minimum absolute atomic E-state index is 0.0516. The van der Waals surface area contributed by atoms with Gasteiger partial charge in [0.2, 0.25) is 0 Å². The average molecular weight is 306 g/mol. The predicted molar refractivity (Wildman–Crippen MR) is 82.9 cm³/mol. The number of nitrogens with zero attached hydrogens (tertiary/aromatic N) is 1. The van der Waals surface area contributed by atoms with Gasteiger partial charge in [-0.3, -0.25) is 4.90 Å². The Hall–Kier alpha value is -0.170. The summed E-state index contributed by atoms with van der Waals surface area (Å²) in [6.07, 6.45) is 3.94. The minimum Gasteiger partial charge on any atom is -0.379 e. The van der Waals surface area contributed by atoms with E-state index in [4.69, 9.17) is 4.74 Å². The molecule has 0 aromatic carbocycles. The number of morpholine rings is 1. The Morgan fingerprint density at radius 3 is 2.40 bits per heavy atom. The number of likely N-dealkylation sites (N-methyl/N-ethyl adjacent to an activating group) is 1. The second-order valence-corrected chi connectivity index (χ2v) is 8.18. The average Bonchev–Trinajstić information content (AvgIpc) is 2.42. The molecule has 0 saturated carbocycles. The molecule has 0 amide bonds. The van der Waals surface area contributed by atoms with E-state index in [1.54, 1.807) is 0 Å². The Bertz CT molecular complexity index is 380. The molecule has 0 aliphatic carbocycles. The topological polar surface area (TPSA) is 58.6 Å². The van der Waals surface area contributed by atoms with Crippen LogP contribution >= 0.6 is 0 Å². The fourth-order valence-corrected chi connectivity index (χ4v) is 3.77. The quantitative estimate of drug-likeness (QED) is 0.722. The predicted octanol–water partition coefficient (Wildman–Crippen LogP) is 0.900. The lowest BCUT2D eigenvalue weighted by Gasteiger charge is -2.48. The Kier molecular flexibility index (Phi) is 6.91. The number of ether oxygens (including phenoxy) is 1. The summed E-state index contributed by atoms with van der Waals surface area (Å²) < 4.78 is 28.0. The van der Waals surface area contributed by atoms with E-state index >= 15 is 0 Å². The summed E-state index contributed by atoms with van der Waals surface area (Å²) in [5, 5.41) is 3.40. The lowest BCUT2D eigenvalue weighted by Crippen LogP contribution is -2.61. The molecule has 0 spiro atoms. The molecule has 1 saturated heterocycles. The summed E-state index contributed by atoms with van der Waals surface area (Å²) >= 11 is 0. The maximum Gasteiger partial charge on any atom is 0.147 e. The van der Waals surface area contributed by atoms with E-state index < -0.39 is 9.84 Å². The molecule has 1 rings (SSSR count). The van der Waals surface area contributed by atoms with Gasteiger partial charge >= 0.3 is 0 Å². The fourth-order valence-electron chi connectivity index (χ4n) is 3.08. The highest BCUT2D eigenvalue weighted by atomic mass is 32.2. The molecule has 0 radical (unpaired) electrons. The molecule has 1 aliphatic rings. The lowest BCUT2D eigenvalue weighted by molar-refractivity contribution is -0.0324. The van der Waals surface area contributed by atoms with Crippen molar-refractivity contribution in [2.24, 2.45) is 0 Å². The molecular formula is C14H30N2O3S. The minimum atomic E-state index is -2.87. The highest BCUT2D eigenvalue weighted by Gasteiger charge is 2.37. The molecule has 0 aromatic rings. The van der Waals surface area contributed by atoms with E-state index in [1.165, 1.54) is 6.26 Å². The molecule has 0 bridgehead atoms. The van der Waals surface area contributed by atoms with Gasteiger partial charge in [0.05, 0.1) is 13.2 Å². The molecule has 6 heteroatoms. The Labute approximate surface area is 124 Å². The van der Waals surface area contributed by atoms with Gasteiger partial charge in [-0.1, -0.05) is 6.92 Å². The monoisotopic (exact) mass is 306 g/mol. The van der Waals surface area contributed by atoms with Gasteiger partial charge in [-0.25, -0.2) is 8.42 Å². The zero-order valence-electron chi connectivity index (χ0n) is 13.3. The Balaban J connectivity index is 2.66. The van der Waals surface area contributed by atoms with Crippen LogP contribution in [0.15, 0.2) is 0 Å². The summed E-state index contributed by atoms with van der Waals surface area (Å²) in [6, 6.07) is 0.298. The smallest absolute Gasteiger partial charge is 0.147 e. The van der Waals surface area contributed by atoms with Crippen molar-refractivity contribution in [2.45, 2.75) is 44.7 Å². The second kappa shape index (κ2) is 7.73. The molecule has 120 valence electrons. The highest BCUT2D eigenvalue weighted by Crippen LogP contribution is 2.27. The van der Waals surface area contributed by atoms with E-state index in [0.29, 0.717) is 12.5 Å². The van der Waals surface area contributed by atoms with Gasteiger partial charge in [0.15, 0.2) is 0 Å². The number of hydrogen-bond acceptors (Lipinski definition) is 5. The fraction of sp³-hybridized carbons (Fsp3) is 1.00. The van der Waals surface area contributed by atoms with E-state index in [-0.39, 0.29) is 11.3 Å². The molecule has 0 aromatic heterocycles. The highest BCUT2D eigenvalue weighted by molar-refractivity contribution is 7.90. The van der Waals surface area contributed by atoms with E-state index in [0.717, 1.165) is 39.1 Å². The molecule has 1 N–H and O–H groups in total. The largest absolute Gasteiger partial charge is 0.379 e. The number of hydrogen-bond donors (Lipinski definition) is 1. The Morgan fingerprint density at radius 1 is 1.35 bits per heavy atom. The van der Waals surface area contributed by atoms with Crippen LogP contribution in [0.25, 0.3) is 0 Å². The third kappa shape index (κ3) is 4.98. The van der Waals surface area contributed by atoms with Crippen molar-refractivity contribution in [3.63, 3.8) is 0 Å². The van der Waals surface area contributed by atoms with Crippen LogP contribution < -0.4 is 5.32 Å². The molecule has 20 heavy (non-hydrogen) atoms. The van der Waals surface area contributed by atoms with E-state index in [9.17, 15) is 8.42 Å². The molecule has 1 fully saturated rings. The number of sulfone groups is 1. The molecule has 2 atom stereocenters. The van der Waals surface area contributed by atoms with E-state index in [1.807, 2.05) is 7.05 Å². The van der Waals surface area contributed by atoms with Crippen molar-refractivity contribution < 1.29 is 13.2 Å². The zero-order chi connectivity index (χ0) is 15.2. The molecule has 1 aliphatic heterocycles. The summed E-state index contributed by atoms with van der Waals surface area (Å²) in [6.45, 7) is 7.96. The van der Waals surface area contributed by atoms with Gasteiger partial charge in [0.1, 0.15) is 9.84 Å². The normalized spacial score (nSPS) is 22.4. The van der Waals surface area contributed by atoms with Gasteiger partial charge in [-0.05, 0) is 33.2 Å². The number of rotatable bonds is 8. The van der Waals surface area contributed by atoms with Gasteiger partial charge in [-0.15, -0.1) is 0 Å². The third-order valence-electron chi connectivity index (χ3n) is 4.56. The first-order valence-electron chi connectivity index (χ1n) is 7.51. The van der Waals surface area contributed by atoms with Crippen LogP contribution in [0, 0.1) is 0 Å². The molecule has 2 unspecified atom stereocenters. The summed E-state index contributed by atoms with van der Waals surface area (Å²) in [5.41, 5.74) is 0.0516. The third-order valence-corrected chi connectivity index (χ3v) is 5.59. The molecule has 1 heterocycles. The van der Waals surface area contributed by atoms with Crippen LogP contribution in [-0.4, -0.2) is 70.3 Å². The van der Waals surface area contributed by atoms with Crippen LogP contribution in [0.4, 0.5) is 0 Å². The summed E-state index contributed by atoms with van der Waals surface area (Å²) in [5.74, 6) is 0.272. The lowest BCUT2D eigenvalue weighted by atomic mass is 9.84. The van der Waals surface area contributed by atoms with E-state index in [2.05, 4.69) is 24.1 Å². The SMILES string of the molecule is CCC(C)(C(CCCS(C)(=O)=O)NC)N1CCOCC1. The number of nitrogens with one attached hydrogen (secondary N) is 1. The van der Waals surface area contributed by atoms with Crippen molar-refractivity contribution in [3.8, 4) is 0 Å².